The Kier molecular flexibility index (Phi) is 1.35. The van der Waals surface area contributed by atoms with Crippen LogP contribution in [0.4, 0.5) is 0 Å². The van der Waals surface area contributed by atoms with Gasteiger partial charge >= 0.3 is 0 Å². The Morgan fingerprint density at radius 3 is 2.71 bits per heavy atom. The van der Waals surface area contributed by atoms with E-state index in [1.54, 1.807) is 16.1 Å². The van der Waals surface area contributed by atoms with Crippen LogP contribution in [-0.4, -0.2) is 8.58 Å². The summed E-state index contributed by atoms with van der Waals surface area (Å²) in [5.41, 5.74) is 0. The number of aromatic nitrogens is 2. The van der Waals surface area contributed by atoms with E-state index in [1.807, 2.05) is 0 Å². The minimum absolute atomic E-state index is 0.497. The largest absolute Gasteiger partial charge is 0.271 e. The monoisotopic (exact) mass is 180 g/mol. The SMILES string of the molecule is Clc1cn(Br)cn1. The molecule has 1 aromatic heterocycles. The lowest BCUT2D eigenvalue weighted by Crippen LogP contribution is -1.63. The summed E-state index contributed by atoms with van der Waals surface area (Å²) < 4.78 is 1.61. The number of hydrogen-bond donors (Lipinski definition) is 0. The number of rotatable bonds is 0. The molecule has 0 spiro atoms. The molecule has 1 rings (SSSR count). The molecule has 0 N–H and O–H groups in total. The van der Waals surface area contributed by atoms with Gasteiger partial charge in [-0.1, -0.05) is 11.6 Å². The number of hydrogen-bond acceptors (Lipinski definition) is 1. The summed E-state index contributed by atoms with van der Waals surface area (Å²) in [6, 6.07) is 0. The predicted molar refractivity (Wildman–Crippen MR) is 31.6 cm³/mol. The van der Waals surface area contributed by atoms with Gasteiger partial charge in [-0.25, -0.2) is 4.98 Å². The van der Waals surface area contributed by atoms with Gasteiger partial charge in [-0.05, 0) is 0 Å². The van der Waals surface area contributed by atoms with Crippen molar-refractivity contribution in [3.63, 3.8) is 0 Å². The molecule has 0 aliphatic heterocycles. The lowest BCUT2D eigenvalue weighted by Gasteiger charge is -1.73. The third-order valence-corrected chi connectivity index (χ3v) is 1.10. The maximum atomic E-state index is 5.40. The fourth-order valence-electron chi connectivity index (χ4n) is 0.279. The van der Waals surface area contributed by atoms with E-state index in [-0.39, 0.29) is 0 Å². The van der Waals surface area contributed by atoms with Crippen molar-refractivity contribution in [1.82, 2.24) is 8.58 Å². The summed E-state index contributed by atoms with van der Waals surface area (Å²) in [6.45, 7) is 0. The van der Waals surface area contributed by atoms with E-state index >= 15 is 0 Å². The second-order valence-corrected chi connectivity index (χ2v) is 2.25. The van der Waals surface area contributed by atoms with Crippen molar-refractivity contribution < 1.29 is 0 Å². The van der Waals surface area contributed by atoms with Gasteiger partial charge in [0.05, 0.1) is 22.3 Å². The molecule has 4 heteroatoms. The molecule has 0 saturated carbocycles. The molecule has 0 aliphatic carbocycles. The van der Waals surface area contributed by atoms with Gasteiger partial charge in [0, 0.05) is 0 Å². The van der Waals surface area contributed by atoms with Crippen LogP contribution in [0.2, 0.25) is 5.15 Å². The minimum Gasteiger partial charge on any atom is -0.271 e. The van der Waals surface area contributed by atoms with E-state index < -0.39 is 0 Å². The highest BCUT2D eigenvalue weighted by Crippen LogP contribution is 2.03. The Balaban J connectivity index is 3.04. The molecule has 0 amide bonds. The van der Waals surface area contributed by atoms with Crippen molar-refractivity contribution in [1.29, 1.82) is 0 Å². The molecular weight excluding hydrogens is 179 g/mol. The second kappa shape index (κ2) is 1.84. The molecule has 38 valence electrons. The maximum absolute atomic E-state index is 5.40. The van der Waals surface area contributed by atoms with Crippen LogP contribution in [-0.2, 0) is 0 Å². The lowest BCUT2D eigenvalue weighted by atomic mass is 11.0. The van der Waals surface area contributed by atoms with Gasteiger partial charge in [-0.15, -0.1) is 0 Å². The molecule has 1 heterocycles. The number of imidazole rings is 1. The standard InChI is InChI=1S/C3H2BrClN2/c4-7-1-3(5)6-2-7/h1-2H. The third-order valence-electron chi connectivity index (χ3n) is 0.521. The first-order chi connectivity index (χ1) is 3.29. The van der Waals surface area contributed by atoms with Gasteiger partial charge in [0.1, 0.15) is 11.5 Å². The Hall–Kier alpha value is -0.0200. The van der Waals surface area contributed by atoms with Crippen molar-refractivity contribution >= 4 is 27.7 Å². The zero-order valence-electron chi connectivity index (χ0n) is 3.31. The summed E-state index contributed by atoms with van der Waals surface area (Å²) in [5.74, 6) is 0. The van der Waals surface area contributed by atoms with Crippen molar-refractivity contribution in [3.05, 3.63) is 17.7 Å². The lowest BCUT2D eigenvalue weighted by molar-refractivity contribution is 1.26. The number of halogens is 2. The fourth-order valence-corrected chi connectivity index (χ4v) is 0.831. The number of nitrogens with zero attached hydrogens (tertiary/aromatic N) is 2. The topological polar surface area (TPSA) is 17.8 Å². The molecule has 0 atom stereocenters. The van der Waals surface area contributed by atoms with E-state index in [0.29, 0.717) is 5.15 Å². The molecule has 0 bridgehead atoms. The smallest absolute Gasteiger partial charge is 0.147 e. The Morgan fingerprint density at radius 2 is 2.57 bits per heavy atom. The molecule has 0 fully saturated rings. The Morgan fingerprint density at radius 1 is 1.86 bits per heavy atom. The van der Waals surface area contributed by atoms with Crippen LogP contribution in [0.1, 0.15) is 0 Å². The first kappa shape index (κ1) is 5.12. The van der Waals surface area contributed by atoms with Crippen LogP contribution in [0.3, 0.4) is 0 Å². The molecule has 2 nitrogen and oxygen atoms in total. The van der Waals surface area contributed by atoms with Gasteiger partial charge in [-0.3, -0.25) is 3.59 Å². The van der Waals surface area contributed by atoms with Gasteiger partial charge in [-0.2, -0.15) is 0 Å². The average Bonchev–Trinajstić information content (AvgIpc) is 1.87. The molecule has 7 heavy (non-hydrogen) atoms. The van der Waals surface area contributed by atoms with Crippen molar-refractivity contribution in [2.75, 3.05) is 0 Å². The summed E-state index contributed by atoms with van der Waals surface area (Å²) in [7, 11) is 0. The summed E-state index contributed by atoms with van der Waals surface area (Å²) in [4.78, 5) is 3.70. The second-order valence-electron chi connectivity index (χ2n) is 1.04. The van der Waals surface area contributed by atoms with E-state index in [1.165, 1.54) is 0 Å². The highest BCUT2D eigenvalue weighted by Gasteiger charge is 1.86. The zero-order chi connectivity index (χ0) is 5.28. The van der Waals surface area contributed by atoms with Gasteiger partial charge in [0.15, 0.2) is 0 Å². The van der Waals surface area contributed by atoms with Crippen LogP contribution in [0.15, 0.2) is 12.5 Å². The van der Waals surface area contributed by atoms with E-state index in [4.69, 9.17) is 11.6 Å². The van der Waals surface area contributed by atoms with Crippen LogP contribution < -0.4 is 0 Å². The van der Waals surface area contributed by atoms with Crippen molar-refractivity contribution in [2.24, 2.45) is 0 Å². The maximum Gasteiger partial charge on any atom is 0.147 e. The quantitative estimate of drug-likeness (QED) is 0.596. The Bertz CT molecular complexity index is 145. The van der Waals surface area contributed by atoms with Crippen LogP contribution in [0, 0.1) is 0 Å². The van der Waals surface area contributed by atoms with Crippen LogP contribution in [0.5, 0.6) is 0 Å². The molecule has 0 aliphatic rings. The summed E-state index contributed by atoms with van der Waals surface area (Å²) in [6.07, 6.45) is 3.23. The minimum atomic E-state index is 0.497. The van der Waals surface area contributed by atoms with Crippen LogP contribution in [0.25, 0.3) is 0 Å². The zero-order valence-corrected chi connectivity index (χ0v) is 5.65. The fraction of sp³-hybridized carbons (Fsp3) is 0. The normalized spacial score (nSPS) is 9.43. The molecule has 1 aromatic rings. The van der Waals surface area contributed by atoms with Gasteiger partial charge in [0.25, 0.3) is 0 Å². The average molecular weight is 181 g/mol. The summed E-state index contributed by atoms with van der Waals surface area (Å²) >= 11 is 8.50. The summed E-state index contributed by atoms with van der Waals surface area (Å²) in [5, 5.41) is 0.497. The van der Waals surface area contributed by atoms with Crippen molar-refractivity contribution in [3.8, 4) is 0 Å². The predicted octanol–water partition coefficient (Wildman–Crippen LogP) is 1.69. The first-order valence-electron chi connectivity index (χ1n) is 1.64. The molecule has 0 unspecified atom stereocenters. The molecule has 0 radical (unpaired) electrons. The highest BCUT2D eigenvalue weighted by molar-refractivity contribution is 9.08. The third kappa shape index (κ3) is 1.17. The molecule has 0 aromatic carbocycles. The first-order valence-corrected chi connectivity index (χ1v) is 2.73. The van der Waals surface area contributed by atoms with E-state index in [9.17, 15) is 0 Å². The van der Waals surface area contributed by atoms with Crippen LogP contribution >= 0.6 is 27.7 Å². The van der Waals surface area contributed by atoms with Gasteiger partial charge in [0.2, 0.25) is 0 Å². The Labute approximate surface area is 54.5 Å². The van der Waals surface area contributed by atoms with E-state index in [2.05, 4.69) is 21.1 Å². The molecular formula is C3H2BrClN2. The highest BCUT2D eigenvalue weighted by atomic mass is 79.9. The van der Waals surface area contributed by atoms with Gasteiger partial charge < -0.3 is 0 Å². The van der Waals surface area contributed by atoms with Crippen molar-refractivity contribution in [2.45, 2.75) is 0 Å². The molecule has 0 saturated heterocycles. The van der Waals surface area contributed by atoms with E-state index in [0.717, 1.165) is 0 Å².